The summed E-state index contributed by atoms with van der Waals surface area (Å²) >= 11 is 0. The van der Waals surface area contributed by atoms with Crippen molar-refractivity contribution < 1.29 is 8.42 Å². The van der Waals surface area contributed by atoms with Gasteiger partial charge in [-0.2, -0.15) is 0 Å². The molecule has 0 saturated carbocycles. The predicted molar refractivity (Wildman–Crippen MR) is 279 cm³/mol. The standard InChI is InChI=1S/C63H47NO2S2/c1-61(2)47-33-38(29-31-41(47)52-49(61)35-45(36-19-9-7-10-20-36)59-54(52)43-24-14-17-27-50(43)67(59)65)64(37-21-11-8-12-22-37)39-30-32-42-48(34-39)63(5,6)57-53(42)55-44-25-15-18-28-51(44)68(66)60(55)56-40-23-13-16-26-46(40)62(3,4)58(56)57/h7-35H,1-6H3. The zero-order chi connectivity index (χ0) is 46.2. The summed E-state index contributed by atoms with van der Waals surface area (Å²) in [6.07, 6.45) is 0. The van der Waals surface area contributed by atoms with Gasteiger partial charge in [0, 0.05) is 61.1 Å². The lowest BCUT2D eigenvalue weighted by Crippen LogP contribution is -2.24. The van der Waals surface area contributed by atoms with Crippen molar-refractivity contribution in [1.29, 1.82) is 0 Å². The highest BCUT2D eigenvalue weighted by Crippen LogP contribution is 2.66. The minimum absolute atomic E-state index is 0.296. The van der Waals surface area contributed by atoms with Gasteiger partial charge in [-0.05, 0) is 127 Å². The number of hydrogen-bond donors (Lipinski definition) is 0. The molecule has 0 saturated heterocycles. The first-order valence-corrected chi connectivity index (χ1v) is 26.0. The molecule has 0 spiro atoms. The van der Waals surface area contributed by atoms with Crippen LogP contribution >= 0.6 is 0 Å². The Kier molecular flexibility index (Phi) is 8.05. The summed E-state index contributed by atoms with van der Waals surface area (Å²) in [5.41, 5.74) is 23.7. The molecule has 0 N–H and O–H groups in total. The van der Waals surface area contributed by atoms with Crippen molar-refractivity contribution in [2.45, 2.75) is 77.4 Å². The third-order valence-corrected chi connectivity index (χ3v) is 19.2. The largest absolute Gasteiger partial charge is 0.310 e. The molecular weight excluding hydrogens is 867 g/mol. The summed E-state index contributed by atoms with van der Waals surface area (Å²) in [6.45, 7) is 14.2. The zero-order valence-electron chi connectivity index (χ0n) is 38.8. The molecule has 5 aliphatic rings. The normalized spacial score (nSPS) is 18.0. The molecular formula is C63H47NO2S2. The van der Waals surface area contributed by atoms with E-state index in [-0.39, 0.29) is 16.2 Å². The van der Waals surface area contributed by atoms with Gasteiger partial charge >= 0.3 is 0 Å². The maximum atomic E-state index is 14.9. The molecule has 3 nitrogen and oxygen atoms in total. The Morgan fingerprint density at radius 3 is 1.46 bits per heavy atom. The van der Waals surface area contributed by atoms with Crippen molar-refractivity contribution >= 4 is 38.7 Å². The Morgan fingerprint density at radius 1 is 0.338 bits per heavy atom. The van der Waals surface area contributed by atoms with Gasteiger partial charge in [-0.1, -0.05) is 163 Å². The average molecular weight is 914 g/mol. The summed E-state index contributed by atoms with van der Waals surface area (Å²) in [6, 6.07) is 63.1. The van der Waals surface area contributed by atoms with E-state index in [1.54, 1.807) is 0 Å². The highest BCUT2D eigenvalue weighted by Gasteiger charge is 2.51. The maximum absolute atomic E-state index is 14.9. The minimum atomic E-state index is -1.32. The molecule has 0 aromatic heterocycles. The Balaban J connectivity index is 0.976. The van der Waals surface area contributed by atoms with E-state index in [4.69, 9.17) is 0 Å². The summed E-state index contributed by atoms with van der Waals surface area (Å²) in [5, 5.41) is 0. The monoisotopic (exact) mass is 913 g/mol. The predicted octanol–water partition coefficient (Wildman–Crippen LogP) is 16.0. The molecule has 0 bridgehead atoms. The Labute approximate surface area is 403 Å². The van der Waals surface area contributed by atoms with E-state index < -0.39 is 21.6 Å². The number of para-hydroxylation sites is 1. The Morgan fingerprint density at radius 2 is 0.809 bits per heavy atom. The molecule has 2 unspecified atom stereocenters. The van der Waals surface area contributed by atoms with Crippen LogP contribution < -0.4 is 4.90 Å². The molecule has 2 heterocycles. The summed E-state index contributed by atoms with van der Waals surface area (Å²) in [4.78, 5) is 6.08. The van der Waals surface area contributed by atoms with Crippen molar-refractivity contribution in [3.05, 3.63) is 209 Å². The van der Waals surface area contributed by atoms with Crippen LogP contribution in [-0.2, 0) is 37.8 Å². The molecule has 5 heteroatoms. The van der Waals surface area contributed by atoms with Gasteiger partial charge < -0.3 is 4.90 Å². The zero-order valence-corrected chi connectivity index (χ0v) is 40.5. The van der Waals surface area contributed by atoms with Crippen LogP contribution in [0.4, 0.5) is 17.1 Å². The molecule has 9 aromatic rings. The van der Waals surface area contributed by atoms with Gasteiger partial charge in [-0.25, -0.2) is 8.42 Å². The van der Waals surface area contributed by atoms with Crippen LogP contribution in [0.2, 0.25) is 0 Å². The van der Waals surface area contributed by atoms with Gasteiger partial charge in [0.25, 0.3) is 0 Å². The highest BCUT2D eigenvalue weighted by atomic mass is 32.2. The Bertz CT molecular complexity index is 3810. The quantitative estimate of drug-likeness (QED) is 0.177. The molecule has 0 fully saturated rings. The SMILES string of the molecule is CC1(C)c2cc(N(c3ccccc3)c3ccc4c(c3)C(C)(C)c3c-4c4c(c5c3C(C)(C)c3ccccc3-5)S(=O)c3ccccc3-4)ccc2-c2c1cc(-c1ccccc1)c1c2-c2ccccc2S1=O. The van der Waals surface area contributed by atoms with Crippen LogP contribution in [0.5, 0.6) is 0 Å². The van der Waals surface area contributed by atoms with Gasteiger partial charge in [-0.3, -0.25) is 0 Å². The molecule has 3 aliphatic carbocycles. The second kappa shape index (κ2) is 13.6. The molecule has 2 atom stereocenters. The summed E-state index contributed by atoms with van der Waals surface area (Å²) in [7, 11) is -2.63. The van der Waals surface area contributed by atoms with Crippen molar-refractivity contribution in [2.75, 3.05) is 4.90 Å². The first-order chi connectivity index (χ1) is 32.9. The third-order valence-electron chi connectivity index (χ3n) is 16.1. The van der Waals surface area contributed by atoms with Crippen LogP contribution in [0.25, 0.3) is 66.8 Å². The second-order valence-electron chi connectivity index (χ2n) is 20.7. The highest BCUT2D eigenvalue weighted by molar-refractivity contribution is 7.86. The number of rotatable bonds is 4. The van der Waals surface area contributed by atoms with E-state index in [0.717, 1.165) is 70.0 Å². The van der Waals surface area contributed by atoms with E-state index in [9.17, 15) is 8.42 Å². The number of anilines is 3. The van der Waals surface area contributed by atoms with E-state index in [1.807, 2.05) is 24.3 Å². The second-order valence-corrected chi connectivity index (χ2v) is 23.5. The molecule has 68 heavy (non-hydrogen) atoms. The third kappa shape index (κ3) is 4.98. The maximum Gasteiger partial charge on any atom is 0.0868 e. The van der Waals surface area contributed by atoms with Gasteiger partial charge in [0.1, 0.15) is 0 Å². The number of benzene rings is 9. The fourth-order valence-electron chi connectivity index (χ4n) is 13.1. The van der Waals surface area contributed by atoms with Crippen LogP contribution in [0.3, 0.4) is 0 Å². The topological polar surface area (TPSA) is 37.4 Å². The molecule has 14 rings (SSSR count). The van der Waals surface area contributed by atoms with E-state index >= 15 is 0 Å². The van der Waals surface area contributed by atoms with Crippen molar-refractivity contribution in [1.82, 2.24) is 0 Å². The van der Waals surface area contributed by atoms with E-state index in [2.05, 4.69) is 198 Å². The average Bonchev–Trinajstić information content (AvgIpc) is 4.05. The molecule has 2 aliphatic heterocycles. The number of fused-ring (bicyclic) bond motifs is 19. The van der Waals surface area contributed by atoms with Crippen molar-refractivity contribution in [3.8, 4) is 66.8 Å². The fraction of sp³-hybridized carbons (Fsp3) is 0.143. The first kappa shape index (κ1) is 40.2. The van der Waals surface area contributed by atoms with Gasteiger partial charge in [-0.15, -0.1) is 0 Å². The van der Waals surface area contributed by atoms with Crippen LogP contribution in [-0.4, -0.2) is 8.42 Å². The minimum Gasteiger partial charge on any atom is -0.310 e. The summed E-state index contributed by atoms with van der Waals surface area (Å²) < 4.78 is 29.5. The van der Waals surface area contributed by atoms with Crippen molar-refractivity contribution in [3.63, 3.8) is 0 Å². The lowest BCUT2D eigenvalue weighted by Gasteiger charge is -2.32. The first-order valence-electron chi connectivity index (χ1n) is 23.7. The van der Waals surface area contributed by atoms with Gasteiger partial charge in [0.2, 0.25) is 0 Å². The lowest BCUT2D eigenvalue weighted by molar-refractivity contribution is 0.600. The molecule has 9 aromatic carbocycles. The smallest absolute Gasteiger partial charge is 0.0868 e. The van der Waals surface area contributed by atoms with Crippen molar-refractivity contribution in [2.24, 2.45) is 0 Å². The van der Waals surface area contributed by atoms with Crippen LogP contribution in [0.1, 0.15) is 74.9 Å². The van der Waals surface area contributed by atoms with Gasteiger partial charge in [0.15, 0.2) is 0 Å². The molecule has 0 amide bonds. The van der Waals surface area contributed by atoms with Crippen LogP contribution in [0.15, 0.2) is 196 Å². The number of nitrogens with zero attached hydrogens (tertiary/aromatic N) is 1. The number of hydrogen-bond acceptors (Lipinski definition) is 3. The Hall–Kier alpha value is -6.92. The van der Waals surface area contributed by atoms with E-state index in [0.29, 0.717) is 0 Å². The fourth-order valence-corrected chi connectivity index (χ4v) is 16.2. The lowest BCUT2D eigenvalue weighted by atomic mass is 9.71. The van der Waals surface area contributed by atoms with E-state index in [1.165, 1.54) is 66.8 Å². The summed E-state index contributed by atoms with van der Waals surface area (Å²) in [5.74, 6) is 0. The molecule has 328 valence electrons. The molecule has 0 radical (unpaired) electrons. The van der Waals surface area contributed by atoms with Crippen LogP contribution in [0, 0.1) is 0 Å². The van der Waals surface area contributed by atoms with Gasteiger partial charge in [0.05, 0.1) is 41.2 Å².